The summed E-state index contributed by atoms with van der Waals surface area (Å²) in [5, 5.41) is 1.01. The number of fused-ring (bicyclic) bond motifs is 1. The minimum Gasteiger partial charge on any atom is -0.485 e. The molecule has 0 N–H and O–H groups in total. The lowest BCUT2D eigenvalue weighted by molar-refractivity contribution is -0.143. The molecule has 0 saturated carbocycles. The van der Waals surface area contributed by atoms with Crippen molar-refractivity contribution in [3.63, 3.8) is 0 Å². The van der Waals surface area contributed by atoms with E-state index < -0.39 is 0 Å². The van der Waals surface area contributed by atoms with Gasteiger partial charge in [-0.1, -0.05) is 50.2 Å². The van der Waals surface area contributed by atoms with Crippen LogP contribution in [0.1, 0.15) is 62.1 Å². The first-order valence-corrected chi connectivity index (χ1v) is 13.2. The Bertz CT molecular complexity index is 1280. The van der Waals surface area contributed by atoms with Crippen molar-refractivity contribution in [3.05, 3.63) is 83.9 Å². The average molecular weight is 502 g/mol. The maximum atomic E-state index is 12.5. The summed E-state index contributed by atoms with van der Waals surface area (Å²) in [6, 6.07) is 23.8. The van der Waals surface area contributed by atoms with Gasteiger partial charge in [0.15, 0.2) is 5.78 Å². The number of hydrogen-bond acceptors (Lipinski definition) is 6. The number of rotatable bonds is 11. The van der Waals surface area contributed by atoms with Gasteiger partial charge in [-0.15, -0.1) is 11.3 Å². The number of Topliss-reactive ketones (excluding diaryl/α,β-unsaturated/α-hetero) is 1. The Balaban J connectivity index is 1.40. The molecule has 1 heterocycles. The Morgan fingerprint density at radius 3 is 2.31 bits per heavy atom. The standard InChI is InChI=1S/C30H31NO4S/c1-4-34-28(33)11-7-9-26(32)21-16-18-24(19-17-21)35-29(20(2)3)22-12-14-23(15-13-22)30-31-25-8-5-6-10-27(25)36-30/h5-6,8,10,12-20,29H,4,7,9,11H2,1-3H3. The maximum absolute atomic E-state index is 12.5. The zero-order chi connectivity index (χ0) is 25.5. The molecule has 1 atom stereocenters. The zero-order valence-electron chi connectivity index (χ0n) is 20.9. The van der Waals surface area contributed by atoms with Crippen LogP contribution in [0.2, 0.25) is 0 Å². The molecule has 0 aliphatic rings. The Morgan fingerprint density at radius 2 is 1.64 bits per heavy atom. The van der Waals surface area contributed by atoms with E-state index in [1.165, 1.54) is 4.70 Å². The van der Waals surface area contributed by atoms with Crippen molar-refractivity contribution < 1.29 is 19.1 Å². The maximum Gasteiger partial charge on any atom is 0.305 e. The molecule has 0 saturated heterocycles. The van der Waals surface area contributed by atoms with Crippen molar-refractivity contribution in [1.29, 1.82) is 0 Å². The van der Waals surface area contributed by atoms with Crippen molar-refractivity contribution in [2.24, 2.45) is 5.92 Å². The monoisotopic (exact) mass is 501 g/mol. The van der Waals surface area contributed by atoms with Gasteiger partial charge in [0.05, 0.1) is 16.8 Å². The van der Waals surface area contributed by atoms with E-state index in [1.807, 2.05) is 30.3 Å². The van der Waals surface area contributed by atoms with E-state index in [9.17, 15) is 9.59 Å². The molecule has 1 aromatic heterocycles. The van der Waals surface area contributed by atoms with Crippen molar-refractivity contribution >= 4 is 33.3 Å². The van der Waals surface area contributed by atoms with Crippen LogP contribution < -0.4 is 4.74 Å². The Morgan fingerprint density at radius 1 is 0.917 bits per heavy atom. The molecule has 0 fully saturated rings. The van der Waals surface area contributed by atoms with Crippen LogP contribution in [0.4, 0.5) is 0 Å². The molecular formula is C30H31NO4S. The minimum atomic E-state index is -0.262. The number of hydrogen-bond donors (Lipinski definition) is 0. The summed E-state index contributed by atoms with van der Waals surface area (Å²) in [5.74, 6) is 0.716. The van der Waals surface area contributed by atoms with Gasteiger partial charge in [-0.2, -0.15) is 0 Å². The lowest BCUT2D eigenvalue weighted by Crippen LogP contribution is -2.14. The lowest BCUT2D eigenvalue weighted by Gasteiger charge is -2.23. The topological polar surface area (TPSA) is 65.5 Å². The molecule has 0 spiro atoms. The predicted molar refractivity (Wildman–Crippen MR) is 145 cm³/mol. The molecule has 4 rings (SSSR count). The lowest BCUT2D eigenvalue weighted by atomic mass is 9.97. The predicted octanol–water partition coefficient (Wildman–Crippen LogP) is 7.66. The van der Waals surface area contributed by atoms with Crippen LogP contribution >= 0.6 is 11.3 Å². The first-order chi connectivity index (χ1) is 17.4. The fourth-order valence-electron chi connectivity index (χ4n) is 4.04. The molecule has 36 heavy (non-hydrogen) atoms. The molecule has 186 valence electrons. The van der Waals surface area contributed by atoms with Crippen LogP contribution in [0.15, 0.2) is 72.8 Å². The highest BCUT2D eigenvalue weighted by atomic mass is 32.1. The fourth-order valence-corrected chi connectivity index (χ4v) is 5.01. The summed E-state index contributed by atoms with van der Waals surface area (Å²) in [4.78, 5) is 28.7. The first-order valence-electron chi connectivity index (χ1n) is 12.4. The van der Waals surface area contributed by atoms with Gasteiger partial charge in [0.2, 0.25) is 0 Å². The van der Waals surface area contributed by atoms with E-state index >= 15 is 0 Å². The van der Waals surface area contributed by atoms with Crippen molar-refractivity contribution in [1.82, 2.24) is 4.98 Å². The number of thiazole rings is 1. The van der Waals surface area contributed by atoms with Gasteiger partial charge in [0.25, 0.3) is 0 Å². The second-order valence-electron chi connectivity index (χ2n) is 9.00. The van der Waals surface area contributed by atoms with Crippen LogP contribution in [0.25, 0.3) is 20.8 Å². The number of aromatic nitrogens is 1. The summed E-state index contributed by atoms with van der Waals surface area (Å²) in [5.41, 5.74) is 3.82. The molecule has 0 amide bonds. The highest BCUT2D eigenvalue weighted by Gasteiger charge is 2.19. The highest BCUT2D eigenvalue weighted by Crippen LogP contribution is 2.33. The number of ether oxygens (including phenoxy) is 2. The second kappa shape index (κ2) is 12.0. The SMILES string of the molecule is CCOC(=O)CCCC(=O)c1ccc(OC(c2ccc(-c3nc4ccccc4s3)cc2)C(C)C)cc1. The van der Waals surface area contributed by atoms with E-state index in [4.69, 9.17) is 14.5 Å². The van der Waals surface area contributed by atoms with Crippen molar-refractivity contribution in [2.45, 2.75) is 46.1 Å². The van der Waals surface area contributed by atoms with E-state index in [2.05, 4.69) is 44.2 Å². The van der Waals surface area contributed by atoms with Gasteiger partial charge in [-0.3, -0.25) is 9.59 Å². The number of ketones is 1. The van der Waals surface area contributed by atoms with Crippen LogP contribution in [0.3, 0.4) is 0 Å². The van der Waals surface area contributed by atoms with Gasteiger partial charge in [0, 0.05) is 24.0 Å². The summed E-state index contributed by atoms with van der Waals surface area (Å²) in [6.45, 7) is 6.40. The Hall–Kier alpha value is -3.51. The molecular weight excluding hydrogens is 470 g/mol. The van der Waals surface area contributed by atoms with Gasteiger partial charge >= 0.3 is 5.97 Å². The van der Waals surface area contributed by atoms with Crippen LogP contribution in [0, 0.1) is 5.92 Å². The van der Waals surface area contributed by atoms with E-state index in [-0.39, 0.29) is 30.2 Å². The van der Waals surface area contributed by atoms with Gasteiger partial charge < -0.3 is 9.47 Å². The zero-order valence-corrected chi connectivity index (χ0v) is 21.7. The average Bonchev–Trinajstić information content (AvgIpc) is 3.32. The van der Waals surface area contributed by atoms with Crippen LogP contribution in [-0.4, -0.2) is 23.3 Å². The molecule has 0 bridgehead atoms. The van der Waals surface area contributed by atoms with Gasteiger partial charge in [-0.25, -0.2) is 4.98 Å². The number of benzene rings is 3. The molecule has 6 heteroatoms. The number of nitrogens with zero attached hydrogens (tertiary/aromatic N) is 1. The van der Waals surface area contributed by atoms with E-state index in [0.717, 1.165) is 21.7 Å². The molecule has 0 radical (unpaired) electrons. The summed E-state index contributed by atoms with van der Waals surface area (Å²) < 4.78 is 12.4. The Kier molecular flexibility index (Phi) is 8.49. The van der Waals surface area contributed by atoms with Crippen LogP contribution in [-0.2, 0) is 9.53 Å². The molecule has 1 unspecified atom stereocenters. The van der Waals surface area contributed by atoms with E-state index in [1.54, 1.807) is 30.4 Å². The van der Waals surface area contributed by atoms with Crippen LogP contribution in [0.5, 0.6) is 5.75 Å². The summed E-state index contributed by atoms with van der Waals surface area (Å²) >= 11 is 1.69. The normalized spacial score (nSPS) is 12.0. The molecule has 4 aromatic rings. The highest BCUT2D eigenvalue weighted by molar-refractivity contribution is 7.21. The summed E-state index contributed by atoms with van der Waals surface area (Å²) in [7, 11) is 0. The first kappa shape index (κ1) is 25.6. The largest absolute Gasteiger partial charge is 0.485 e. The third kappa shape index (κ3) is 6.38. The molecule has 0 aliphatic carbocycles. The second-order valence-corrected chi connectivity index (χ2v) is 10.0. The Labute approximate surface area is 216 Å². The molecule has 5 nitrogen and oxygen atoms in total. The fraction of sp³-hybridized carbons (Fsp3) is 0.300. The number of carbonyl (C=O) groups is 2. The van der Waals surface area contributed by atoms with Gasteiger partial charge in [-0.05, 0) is 61.2 Å². The third-order valence-electron chi connectivity index (χ3n) is 5.91. The quantitative estimate of drug-likeness (QED) is 0.156. The van der Waals surface area contributed by atoms with Gasteiger partial charge in [0.1, 0.15) is 16.9 Å². The summed E-state index contributed by atoms with van der Waals surface area (Å²) in [6.07, 6.45) is 0.933. The number of esters is 1. The van der Waals surface area contributed by atoms with E-state index in [0.29, 0.717) is 30.8 Å². The number of para-hydroxylation sites is 1. The molecule has 0 aliphatic heterocycles. The third-order valence-corrected chi connectivity index (χ3v) is 7.00. The van der Waals surface area contributed by atoms with Crippen molar-refractivity contribution in [2.75, 3.05) is 6.61 Å². The smallest absolute Gasteiger partial charge is 0.305 e. The number of carbonyl (C=O) groups excluding carboxylic acids is 2. The van der Waals surface area contributed by atoms with Crippen molar-refractivity contribution in [3.8, 4) is 16.3 Å². The minimum absolute atomic E-state index is 0.0108. The molecule has 3 aromatic carbocycles.